The molecule has 1 atom stereocenters. The van der Waals surface area contributed by atoms with Crippen LogP contribution in [0.4, 0.5) is 0 Å². The number of hydrogen-bond acceptors (Lipinski definition) is 4. The summed E-state index contributed by atoms with van der Waals surface area (Å²) in [5.41, 5.74) is 1.04. The van der Waals surface area contributed by atoms with E-state index < -0.39 is 0 Å². The largest absolute Gasteiger partial charge is 0.348 e. The van der Waals surface area contributed by atoms with Gasteiger partial charge in [-0.15, -0.1) is 0 Å². The van der Waals surface area contributed by atoms with Crippen LogP contribution in [0.3, 0.4) is 0 Å². The molecule has 8 heteroatoms. The highest BCUT2D eigenvalue weighted by Gasteiger charge is 2.42. The molecule has 4 heterocycles. The molecule has 2 aliphatic heterocycles. The van der Waals surface area contributed by atoms with E-state index in [1.165, 1.54) is 0 Å². The Morgan fingerprint density at radius 1 is 1.27 bits per heavy atom. The quantitative estimate of drug-likeness (QED) is 0.860. The Balaban J connectivity index is 1.43. The Hall–Kier alpha value is -2.64. The number of amides is 2. The van der Waals surface area contributed by atoms with Gasteiger partial charge in [0.15, 0.2) is 5.82 Å². The summed E-state index contributed by atoms with van der Waals surface area (Å²) in [6.45, 7) is 2.86. The molecule has 2 aromatic rings. The predicted octanol–water partition coefficient (Wildman–Crippen LogP) is 1.22. The number of hydrogen-bond donors (Lipinski definition) is 2. The van der Waals surface area contributed by atoms with Crippen molar-refractivity contribution in [2.75, 3.05) is 26.2 Å². The van der Waals surface area contributed by atoms with E-state index in [0.29, 0.717) is 25.3 Å². The van der Waals surface area contributed by atoms with Crippen molar-refractivity contribution >= 4 is 11.8 Å². The SMILES string of the molecule is O=C1CC[C@@]2(CCCN(C(=O)c3ncc[nH]3)C2)CN1CCc1cnc[nH]1. The standard InChI is InChI=1S/C18H24N6O2/c25-15-2-5-18(11-23(15)9-3-14-10-19-13-22-14)4-1-8-24(12-18)17(26)16-20-6-7-21-16/h6-7,10,13H,1-5,8-9,11-12H2,(H,19,22)(H,20,21)/t18-/m0/s1. The molecule has 0 saturated carbocycles. The fraction of sp³-hybridized carbons (Fsp3) is 0.556. The summed E-state index contributed by atoms with van der Waals surface area (Å²) in [7, 11) is 0. The van der Waals surface area contributed by atoms with Gasteiger partial charge in [-0.25, -0.2) is 9.97 Å². The first-order valence-electron chi connectivity index (χ1n) is 9.19. The molecule has 2 fully saturated rings. The summed E-state index contributed by atoms with van der Waals surface area (Å²) < 4.78 is 0. The third-order valence-electron chi connectivity index (χ3n) is 5.60. The highest BCUT2D eigenvalue weighted by Crippen LogP contribution is 2.39. The molecule has 2 saturated heterocycles. The van der Waals surface area contributed by atoms with Crippen molar-refractivity contribution in [3.05, 3.63) is 36.4 Å². The molecular weight excluding hydrogens is 332 g/mol. The lowest BCUT2D eigenvalue weighted by Gasteiger charge is -2.48. The molecule has 2 aromatic heterocycles. The van der Waals surface area contributed by atoms with Gasteiger partial charge in [-0.3, -0.25) is 9.59 Å². The fourth-order valence-corrected chi connectivity index (χ4v) is 4.23. The minimum absolute atomic E-state index is 0.00238. The molecule has 1 spiro atoms. The highest BCUT2D eigenvalue weighted by atomic mass is 16.2. The number of imidazole rings is 2. The molecule has 2 N–H and O–H groups in total. The molecule has 8 nitrogen and oxygen atoms in total. The number of nitrogens with one attached hydrogen (secondary N) is 2. The highest BCUT2D eigenvalue weighted by molar-refractivity contribution is 5.90. The Labute approximate surface area is 152 Å². The smallest absolute Gasteiger partial charge is 0.289 e. The Morgan fingerprint density at radius 2 is 2.19 bits per heavy atom. The second-order valence-electron chi connectivity index (χ2n) is 7.41. The van der Waals surface area contributed by atoms with Crippen molar-refractivity contribution in [2.45, 2.75) is 32.1 Å². The maximum atomic E-state index is 12.7. The van der Waals surface area contributed by atoms with E-state index in [1.807, 2.05) is 9.80 Å². The number of rotatable bonds is 4. The third kappa shape index (κ3) is 3.36. The van der Waals surface area contributed by atoms with E-state index in [0.717, 1.165) is 44.5 Å². The fourth-order valence-electron chi connectivity index (χ4n) is 4.23. The summed E-state index contributed by atoms with van der Waals surface area (Å²) in [4.78, 5) is 43.0. The summed E-state index contributed by atoms with van der Waals surface area (Å²) in [5.74, 6) is 0.560. The Kier molecular flexibility index (Phi) is 4.48. The molecule has 26 heavy (non-hydrogen) atoms. The number of aromatic nitrogens is 4. The monoisotopic (exact) mass is 356 g/mol. The number of carbonyl (C=O) groups is 2. The van der Waals surface area contributed by atoms with E-state index in [-0.39, 0.29) is 17.2 Å². The zero-order valence-corrected chi connectivity index (χ0v) is 14.8. The zero-order valence-electron chi connectivity index (χ0n) is 14.8. The van der Waals surface area contributed by atoms with E-state index in [1.54, 1.807) is 24.9 Å². The predicted molar refractivity (Wildman–Crippen MR) is 94.3 cm³/mol. The van der Waals surface area contributed by atoms with Crippen molar-refractivity contribution in [1.82, 2.24) is 29.7 Å². The number of aromatic amines is 2. The number of H-pyrrole nitrogens is 2. The van der Waals surface area contributed by atoms with E-state index in [4.69, 9.17) is 0 Å². The molecule has 138 valence electrons. The lowest BCUT2D eigenvalue weighted by molar-refractivity contribution is -0.138. The molecular formula is C18H24N6O2. The minimum Gasteiger partial charge on any atom is -0.348 e. The van der Waals surface area contributed by atoms with Crippen LogP contribution in [0.15, 0.2) is 24.9 Å². The second kappa shape index (κ2) is 6.93. The van der Waals surface area contributed by atoms with Gasteiger partial charge >= 0.3 is 0 Å². The molecule has 0 unspecified atom stereocenters. The average Bonchev–Trinajstić information content (AvgIpc) is 3.36. The summed E-state index contributed by atoms with van der Waals surface area (Å²) >= 11 is 0. The normalized spacial score (nSPS) is 23.6. The maximum Gasteiger partial charge on any atom is 0.289 e. The number of nitrogens with zero attached hydrogens (tertiary/aromatic N) is 4. The van der Waals surface area contributed by atoms with Crippen LogP contribution in [0.5, 0.6) is 0 Å². The van der Waals surface area contributed by atoms with Crippen molar-refractivity contribution in [1.29, 1.82) is 0 Å². The number of piperidine rings is 2. The van der Waals surface area contributed by atoms with Gasteiger partial charge in [0.1, 0.15) is 0 Å². The van der Waals surface area contributed by atoms with Crippen LogP contribution < -0.4 is 0 Å². The molecule has 0 aromatic carbocycles. The molecule has 0 aliphatic carbocycles. The molecule has 4 rings (SSSR count). The molecule has 2 aliphatic rings. The van der Waals surface area contributed by atoms with E-state index >= 15 is 0 Å². The summed E-state index contributed by atoms with van der Waals surface area (Å²) in [5, 5.41) is 0. The van der Waals surface area contributed by atoms with Crippen LogP contribution in [0, 0.1) is 5.41 Å². The number of carbonyl (C=O) groups excluding carboxylic acids is 2. The van der Waals surface area contributed by atoms with Gasteiger partial charge in [-0.1, -0.05) is 0 Å². The van der Waals surface area contributed by atoms with Crippen molar-refractivity contribution < 1.29 is 9.59 Å². The lowest BCUT2D eigenvalue weighted by atomic mass is 9.73. The minimum atomic E-state index is -0.0463. The lowest BCUT2D eigenvalue weighted by Crippen LogP contribution is -2.55. The van der Waals surface area contributed by atoms with Gasteiger partial charge in [-0.2, -0.15) is 0 Å². The maximum absolute atomic E-state index is 12.7. The van der Waals surface area contributed by atoms with Crippen molar-refractivity contribution in [2.24, 2.45) is 5.41 Å². The van der Waals surface area contributed by atoms with Gasteiger partial charge in [-0.05, 0) is 19.3 Å². The third-order valence-corrected chi connectivity index (χ3v) is 5.60. The van der Waals surface area contributed by atoms with Crippen molar-refractivity contribution in [3.63, 3.8) is 0 Å². The number of likely N-dealkylation sites (tertiary alicyclic amines) is 2. The van der Waals surface area contributed by atoms with Crippen LogP contribution in [-0.2, 0) is 11.2 Å². The second-order valence-corrected chi connectivity index (χ2v) is 7.41. The molecule has 2 amide bonds. The van der Waals surface area contributed by atoms with Crippen LogP contribution in [0.25, 0.3) is 0 Å². The first kappa shape index (κ1) is 16.8. The van der Waals surface area contributed by atoms with E-state index in [2.05, 4.69) is 19.9 Å². The summed E-state index contributed by atoms with van der Waals surface area (Å²) in [6, 6.07) is 0. The van der Waals surface area contributed by atoms with Crippen LogP contribution in [0.1, 0.15) is 42.0 Å². The Morgan fingerprint density at radius 3 is 2.96 bits per heavy atom. The molecule has 0 radical (unpaired) electrons. The zero-order chi connectivity index (χ0) is 18.0. The average molecular weight is 356 g/mol. The first-order chi connectivity index (χ1) is 12.7. The van der Waals surface area contributed by atoms with Gasteiger partial charge < -0.3 is 19.8 Å². The van der Waals surface area contributed by atoms with Crippen LogP contribution in [-0.4, -0.2) is 67.7 Å². The van der Waals surface area contributed by atoms with Gasteiger partial charge in [0, 0.05) is 68.7 Å². The van der Waals surface area contributed by atoms with Gasteiger partial charge in [0.2, 0.25) is 5.91 Å². The van der Waals surface area contributed by atoms with E-state index in [9.17, 15) is 9.59 Å². The van der Waals surface area contributed by atoms with Crippen LogP contribution in [0.2, 0.25) is 0 Å². The topological polar surface area (TPSA) is 98.0 Å². The molecule has 0 bridgehead atoms. The van der Waals surface area contributed by atoms with Crippen LogP contribution >= 0.6 is 0 Å². The van der Waals surface area contributed by atoms with Gasteiger partial charge in [0.25, 0.3) is 5.91 Å². The first-order valence-corrected chi connectivity index (χ1v) is 9.19. The summed E-state index contributed by atoms with van der Waals surface area (Å²) in [6.07, 6.45) is 10.9. The van der Waals surface area contributed by atoms with Crippen molar-refractivity contribution in [3.8, 4) is 0 Å². The van der Waals surface area contributed by atoms with Gasteiger partial charge in [0.05, 0.1) is 6.33 Å². The Bertz CT molecular complexity index is 757.